The highest BCUT2D eigenvalue weighted by Crippen LogP contribution is 2.12. The normalized spacial score (nSPS) is 16.1. The van der Waals surface area contributed by atoms with Crippen molar-refractivity contribution in [2.45, 2.75) is 32.2 Å². The fraction of sp³-hybridized carbons (Fsp3) is 0.526. The molecule has 0 aromatic heterocycles. The zero-order chi connectivity index (χ0) is 18.2. The molecule has 2 rings (SSSR count). The molecule has 1 aliphatic rings. The topological polar surface area (TPSA) is 39.7 Å². The lowest BCUT2D eigenvalue weighted by atomic mass is 10.0. The third-order valence-corrected chi connectivity index (χ3v) is 4.35. The van der Waals surface area contributed by atoms with Crippen LogP contribution in [0.15, 0.2) is 35.3 Å². The third kappa shape index (κ3) is 7.57. The van der Waals surface area contributed by atoms with Crippen LogP contribution in [0.25, 0.3) is 0 Å². The molecule has 0 unspecified atom stereocenters. The van der Waals surface area contributed by atoms with E-state index in [0.29, 0.717) is 24.6 Å². The summed E-state index contributed by atoms with van der Waals surface area (Å²) in [7, 11) is 1.73. The Morgan fingerprint density at radius 2 is 2.00 bits per heavy atom. The summed E-state index contributed by atoms with van der Waals surface area (Å²) in [5.74, 6) is -0.333. The summed E-state index contributed by atoms with van der Waals surface area (Å²) in [6.45, 7) is 9.61. The van der Waals surface area contributed by atoms with Gasteiger partial charge < -0.3 is 10.6 Å². The van der Waals surface area contributed by atoms with Crippen LogP contribution in [-0.2, 0) is 6.42 Å². The maximum absolute atomic E-state index is 13.6. The van der Waals surface area contributed by atoms with E-state index >= 15 is 0 Å². The van der Waals surface area contributed by atoms with Gasteiger partial charge in [0.15, 0.2) is 5.96 Å². The molecule has 0 spiro atoms. The van der Waals surface area contributed by atoms with Crippen LogP contribution in [0.2, 0.25) is 0 Å². The van der Waals surface area contributed by atoms with E-state index < -0.39 is 11.6 Å². The van der Waals surface area contributed by atoms with E-state index in [-0.39, 0.29) is 24.0 Å². The summed E-state index contributed by atoms with van der Waals surface area (Å²) in [4.78, 5) is 6.64. The Kier molecular flexibility index (Phi) is 10.1. The number of aliphatic imine (C=N–C) groups is 1. The predicted molar refractivity (Wildman–Crippen MR) is 114 cm³/mol. The molecule has 0 amide bonds. The van der Waals surface area contributed by atoms with Gasteiger partial charge >= 0.3 is 0 Å². The molecule has 2 N–H and O–H groups in total. The van der Waals surface area contributed by atoms with Crippen LogP contribution in [0.5, 0.6) is 0 Å². The van der Waals surface area contributed by atoms with Gasteiger partial charge in [0, 0.05) is 45.3 Å². The minimum atomic E-state index is -0.551. The van der Waals surface area contributed by atoms with Crippen LogP contribution >= 0.6 is 24.0 Å². The maximum atomic E-state index is 13.6. The zero-order valence-corrected chi connectivity index (χ0v) is 17.9. The molecular formula is C19H29F2IN4. The second-order valence-corrected chi connectivity index (χ2v) is 6.64. The number of rotatable bonds is 6. The molecule has 1 heterocycles. The van der Waals surface area contributed by atoms with Crippen LogP contribution in [0.3, 0.4) is 0 Å². The molecule has 0 atom stereocenters. The summed E-state index contributed by atoms with van der Waals surface area (Å²) in [6.07, 6.45) is 2.59. The van der Waals surface area contributed by atoms with Crippen molar-refractivity contribution in [3.63, 3.8) is 0 Å². The molecule has 4 nitrogen and oxygen atoms in total. The van der Waals surface area contributed by atoms with Gasteiger partial charge in [-0.2, -0.15) is 0 Å². The lowest BCUT2D eigenvalue weighted by molar-refractivity contribution is 0.221. The van der Waals surface area contributed by atoms with Crippen molar-refractivity contribution in [2.24, 2.45) is 4.99 Å². The molecule has 1 aromatic rings. The smallest absolute Gasteiger partial charge is 0.191 e. The number of piperidine rings is 1. The molecule has 1 aliphatic heterocycles. The van der Waals surface area contributed by atoms with Gasteiger partial charge in [-0.15, -0.1) is 24.0 Å². The van der Waals surface area contributed by atoms with E-state index in [1.54, 1.807) is 7.05 Å². The molecule has 0 saturated carbocycles. The number of hydrogen-bond donors (Lipinski definition) is 2. The second-order valence-electron chi connectivity index (χ2n) is 6.64. The van der Waals surface area contributed by atoms with Crippen LogP contribution in [0, 0.1) is 11.6 Å². The molecule has 0 aliphatic carbocycles. The average molecular weight is 478 g/mol. The summed E-state index contributed by atoms with van der Waals surface area (Å²) >= 11 is 0. The highest BCUT2D eigenvalue weighted by atomic mass is 127. The quantitative estimate of drug-likeness (QED) is 0.285. The first-order chi connectivity index (χ1) is 12.0. The molecule has 26 heavy (non-hydrogen) atoms. The Balaban J connectivity index is 0.00000338. The maximum Gasteiger partial charge on any atom is 0.191 e. The van der Waals surface area contributed by atoms with Gasteiger partial charge in [-0.1, -0.05) is 18.2 Å². The van der Waals surface area contributed by atoms with Crippen molar-refractivity contribution < 1.29 is 8.78 Å². The van der Waals surface area contributed by atoms with Gasteiger partial charge in [0.05, 0.1) is 0 Å². The van der Waals surface area contributed by atoms with Crippen LogP contribution in [-0.4, -0.2) is 50.1 Å². The van der Waals surface area contributed by atoms with Gasteiger partial charge in [0.2, 0.25) is 0 Å². The number of likely N-dealkylation sites (tertiary alicyclic amines) is 1. The van der Waals surface area contributed by atoms with E-state index in [1.165, 1.54) is 17.7 Å². The molecular weight excluding hydrogens is 449 g/mol. The Morgan fingerprint density at radius 1 is 1.31 bits per heavy atom. The minimum Gasteiger partial charge on any atom is -0.356 e. The van der Waals surface area contributed by atoms with Crippen LogP contribution < -0.4 is 10.6 Å². The third-order valence-electron chi connectivity index (χ3n) is 4.35. The fourth-order valence-corrected chi connectivity index (χ4v) is 3.05. The first kappa shape index (κ1) is 22.8. The summed E-state index contributed by atoms with van der Waals surface area (Å²) < 4.78 is 26.5. The van der Waals surface area contributed by atoms with Crippen molar-refractivity contribution in [3.05, 3.63) is 47.5 Å². The van der Waals surface area contributed by atoms with Gasteiger partial charge in [-0.05, 0) is 37.8 Å². The SMILES string of the molecule is C=C(C)CN1CCC(NC(=NC)NCCc2ccc(F)cc2F)CC1.I. The highest BCUT2D eigenvalue weighted by molar-refractivity contribution is 14.0. The highest BCUT2D eigenvalue weighted by Gasteiger charge is 2.19. The average Bonchev–Trinajstić information content (AvgIpc) is 2.57. The lowest BCUT2D eigenvalue weighted by Crippen LogP contribution is -2.49. The van der Waals surface area contributed by atoms with Crippen molar-refractivity contribution in [1.82, 2.24) is 15.5 Å². The summed E-state index contributed by atoms with van der Waals surface area (Å²) in [5, 5.41) is 6.63. The fourth-order valence-electron chi connectivity index (χ4n) is 3.05. The van der Waals surface area contributed by atoms with E-state index in [0.717, 1.165) is 44.5 Å². The Bertz CT molecular complexity index is 614. The monoisotopic (exact) mass is 478 g/mol. The molecule has 146 valence electrons. The number of halogens is 3. The number of hydrogen-bond acceptors (Lipinski definition) is 2. The number of guanidine groups is 1. The molecule has 1 aromatic carbocycles. The summed E-state index contributed by atoms with van der Waals surface area (Å²) in [6, 6.07) is 4.07. The van der Waals surface area contributed by atoms with Crippen molar-refractivity contribution in [3.8, 4) is 0 Å². The largest absolute Gasteiger partial charge is 0.356 e. The molecule has 0 bridgehead atoms. The van der Waals surface area contributed by atoms with Crippen LogP contribution in [0.1, 0.15) is 25.3 Å². The number of nitrogens with one attached hydrogen (secondary N) is 2. The summed E-state index contributed by atoms with van der Waals surface area (Å²) in [5.41, 5.74) is 1.69. The first-order valence-corrected chi connectivity index (χ1v) is 8.75. The lowest BCUT2D eigenvalue weighted by Gasteiger charge is -2.33. The zero-order valence-electron chi connectivity index (χ0n) is 15.5. The van der Waals surface area contributed by atoms with Gasteiger partial charge in [-0.25, -0.2) is 8.78 Å². The van der Waals surface area contributed by atoms with Crippen molar-refractivity contribution in [2.75, 3.05) is 33.2 Å². The van der Waals surface area contributed by atoms with E-state index in [4.69, 9.17) is 0 Å². The minimum absolute atomic E-state index is 0. The van der Waals surface area contributed by atoms with Crippen LogP contribution in [0.4, 0.5) is 8.78 Å². The second kappa shape index (κ2) is 11.5. The van der Waals surface area contributed by atoms with Gasteiger partial charge in [0.25, 0.3) is 0 Å². The molecule has 1 saturated heterocycles. The number of nitrogens with zero attached hydrogens (tertiary/aromatic N) is 2. The standard InChI is InChI=1S/C19H28F2N4.HI/c1-14(2)13-25-10-7-17(8-11-25)24-19(22-3)23-9-6-15-4-5-16(20)12-18(15)21;/h4-5,12,17H,1,6-11,13H2,2-3H3,(H2,22,23,24);1H. The molecule has 7 heteroatoms. The van der Waals surface area contributed by atoms with E-state index in [1.807, 2.05) is 0 Å². The first-order valence-electron chi connectivity index (χ1n) is 8.75. The Labute approximate surface area is 172 Å². The van der Waals surface area contributed by atoms with E-state index in [9.17, 15) is 8.78 Å². The Morgan fingerprint density at radius 3 is 2.58 bits per heavy atom. The van der Waals surface area contributed by atoms with Crippen molar-refractivity contribution in [1.29, 1.82) is 0 Å². The molecule has 1 fully saturated rings. The van der Waals surface area contributed by atoms with Gasteiger partial charge in [0.1, 0.15) is 11.6 Å². The Hall–Kier alpha value is -1.22. The van der Waals surface area contributed by atoms with Crippen molar-refractivity contribution >= 4 is 29.9 Å². The van der Waals surface area contributed by atoms with E-state index in [2.05, 4.69) is 34.0 Å². The predicted octanol–water partition coefficient (Wildman–Crippen LogP) is 3.33. The van der Waals surface area contributed by atoms with Gasteiger partial charge in [-0.3, -0.25) is 9.89 Å². The number of benzene rings is 1. The molecule has 0 radical (unpaired) electrons.